The van der Waals surface area contributed by atoms with E-state index >= 15 is 0 Å². The lowest BCUT2D eigenvalue weighted by Crippen LogP contribution is -2.40. The molecule has 0 aliphatic heterocycles. The molecule has 3 aromatic rings. The molecule has 0 radical (unpaired) electrons. The third-order valence-electron chi connectivity index (χ3n) is 4.07. The van der Waals surface area contributed by atoms with Crippen molar-refractivity contribution < 1.29 is 17.9 Å². The van der Waals surface area contributed by atoms with Crippen molar-refractivity contribution in [2.24, 2.45) is 0 Å². The quantitative estimate of drug-likeness (QED) is 0.496. The Hall–Kier alpha value is -1.62. The van der Waals surface area contributed by atoms with Crippen molar-refractivity contribution in [3.8, 4) is 0 Å². The summed E-state index contributed by atoms with van der Waals surface area (Å²) in [6, 6.07) is 6.19. The lowest BCUT2D eigenvalue weighted by molar-refractivity contribution is 0.170. The maximum Gasteiger partial charge on any atom is 0.240 e. The number of pyridine rings is 1. The lowest BCUT2D eigenvalue weighted by Gasteiger charge is -2.17. The van der Waals surface area contributed by atoms with Gasteiger partial charge in [0.2, 0.25) is 10.0 Å². The first-order valence-electron chi connectivity index (χ1n) is 8.33. The van der Waals surface area contributed by atoms with Gasteiger partial charge in [-0.2, -0.15) is 0 Å². The van der Waals surface area contributed by atoms with Crippen molar-refractivity contribution in [3.05, 3.63) is 58.8 Å². The second-order valence-electron chi connectivity index (χ2n) is 6.26. The maximum atomic E-state index is 13.4. The zero-order valence-corrected chi connectivity index (χ0v) is 17.5. The molecule has 0 saturated carbocycles. The van der Waals surface area contributed by atoms with Gasteiger partial charge in [0.1, 0.15) is 5.82 Å². The summed E-state index contributed by atoms with van der Waals surface area (Å²) in [7, 11) is -3.68. The van der Waals surface area contributed by atoms with Gasteiger partial charge in [-0.1, -0.05) is 6.07 Å². The number of hydrogen-bond acceptors (Lipinski definition) is 6. The molecule has 3 rings (SSSR count). The summed E-state index contributed by atoms with van der Waals surface area (Å²) >= 11 is 1.18. The van der Waals surface area contributed by atoms with Gasteiger partial charge in [-0.25, -0.2) is 17.5 Å². The molecule has 0 fully saturated rings. The predicted molar refractivity (Wildman–Crippen MR) is 111 cm³/mol. The van der Waals surface area contributed by atoms with Crippen LogP contribution in [-0.4, -0.2) is 37.6 Å². The summed E-state index contributed by atoms with van der Waals surface area (Å²) in [5, 5.41) is 17.5. The van der Waals surface area contributed by atoms with Crippen molar-refractivity contribution in [3.63, 3.8) is 0 Å². The average Bonchev–Trinajstić information content (AvgIpc) is 3.07. The molecule has 0 saturated heterocycles. The number of halogens is 2. The summed E-state index contributed by atoms with van der Waals surface area (Å²) in [4.78, 5) is 4.18. The molecule has 28 heavy (non-hydrogen) atoms. The Bertz CT molecular complexity index is 1030. The Labute approximate surface area is 173 Å². The van der Waals surface area contributed by atoms with Crippen LogP contribution in [0.1, 0.15) is 18.6 Å². The largest absolute Gasteiger partial charge is 0.387 e. The van der Waals surface area contributed by atoms with Crippen LogP contribution >= 0.6 is 23.7 Å². The van der Waals surface area contributed by atoms with Crippen LogP contribution < -0.4 is 10.0 Å². The second-order valence-corrected chi connectivity index (χ2v) is 8.71. The van der Waals surface area contributed by atoms with Gasteiger partial charge in [0, 0.05) is 47.9 Å². The molecule has 6 nitrogen and oxygen atoms in total. The molecular formula is C18H21ClFN3O3S2. The molecule has 152 valence electrons. The molecule has 1 unspecified atom stereocenters. The number of rotatable bonds is 8. The minimum Gasteiger partial charge on any atom is -0.387 e. The van der Waals surface area contributed by atoms with E-state index in [1.807, 2.05) is 0 Å². The number of nitrogens with one attached hydrogen (secondary N) is 2. The highest BCUT2D eigenvalue weighted by Crippen LogP contribution is 2.20. The summed E-state index contributed by atoms with van der Waals surface area (Å²) in [5.41, 5.74) is 0.242. The molecule has 2 atom stereocenters. The zero-order chi connectivity index (χ0) is 19.4. The number of aliphatic hydroxyl groups is 1. The summed E-state index contributed by atoms with van der Waals surface area (Å²) < 4.78 is 41.2. The zero-order valence-electron chi connectivity index (χ0n) is 15.0. The number of hydrogen-bond donors (Lipinski definition) is 3. The molecule has 0 spiro atoms. The Morgan fingerprint density at radius 3 is 2.71 bits per heavy atom. The van der Waals surface area contributed by atoms with Gasteiger partial charge in [-0.3, -0.25) is 4.98 Å². The van der Waals surface area contributed by atoms with Crippen LogP contribution in [-0.2, 0) is 10.0 Å². The van der Waals surface area contributed by atoms with Gasteiger partial charge < -0.3 is 10.4 Å². The van der Waals surface area contributed by atoms with E-state index in [0.717, 1.165) is 10.8 Å². The average molecular weight is 446 g/mol. The maximum absolute atomic E-state index is 13.4. The first-order valence-corrected chi connectivity index (χ1v) is 10.8. The van der Waals surface area contributed by atoms with Crippen LogP contribution in [0.3, 0.4) is 0 Å². The Balaban J connectivity index is 0.00000280. The van der Waals surface area contributed by atoms with Gasteiger partial charge in [0.05, 0.1) is 11.0 Å². The highest BCUT2D eigenvalue weighted by atomic mass is 35.5. The Morgan fingerprint density at radius 1 is 1.21 bits per heavy atom. The van der Waals surface area contributed by atoms with E-state index in [9.17, 15) is 17.9 Å². The van der Waals surface area contributed by atoms with Gasteiger partial charge >= 0.3 is 0 Å². The topological polar surface area (TPSA) is 91.3 Å². The second kappa shape index (κ2) is 9.73. The molecule has 3 N–H and O–H groups in total. The fourth-order valence-electron chi connectivity index (χ4n) is 2.68. The van der Waals surface area contributed by atoms with Crippen LogP contribution in [0.2, 0.25) is 0 Å². The van der Waals surface area contributed by atoms with E-state index in [0.29, 0.717) is 6.54 Å². The standard InChI is InChI=1S/C18H20FN3O3S2.ClH/c1-12(7-21-9-18(23)16-10-26-11-17(16)19)22-27(24,25)15-3-2-14-8-20-5-4-13(14)6-15;/h2-6,8,10-12,18,21-23H,7,9H2,1H3;1H/t12-,18?;/m1./s1. The number of fused-ring (bicyclic) bond motifs is 1. The molecule has 0 aliphatic carbocycles. The smallest absolute Gasteiger partial charge is 0.240 e. The number of benzene rings is 1. The monoisotopic (exact) mass is 445 g/mol. The molecular weight excluding hydrogens is 425 g/mol. The van der Waals surface area contributed by atoms with Gasteiger partial charge in [0.15, 0.2) is 0 Å². The predicted octanol–water partition coefficient (Wildman–Crippen LogP) is 2.85. The van der Waals surface area contributed by atoms with Crippen molar-refractivity contribution in [1.29, 1.82) is 0 Å². The summed E-state index contributed by atoms with van der Waals surface area (Å²) in [6.07, 6.45) is 2.31. The molecule has 0 aliphatic rings. The summed E-state index contributed by atoms with van der Waals surface area (Å²) in [6.45, 7) is 2.13. The molecule has 10 heteroatoms. The van der Waals surface area contributed by atoms with Crippen molar-refractivity contribution in [2.75, 3.05) is 13.1 Å². The van der Waals surface area contributed by atoms with Crippen LogP contribution in [0, 0.1) is 5.82 Å². The van der Waals surface area contributed by atoms with Gasteiger partial charge in [-0.15, -0.1) is 23.7 Å². The van der Waals surface area contributed by atoms with Crippen LogP contribution in [0.4, 0.5) is 4.39 Å². The molecule has 0 amide bonds. The molecule has 2 aromatic heterocycles. The third kappa shape index (κ3) is 5.47. The normalized spacial score (nSPS) is 13.8. The SMILES string of the molecule is C[C@H](CNCC(O)c1cscc1F)NS(=O)(=O)c1ccc2cnccc2c1.Cl. The Morgan fingerprint density at radius 2 is 2.00 bits per heavy atom. The van der Waals surface area contributed by atoms with Crippen LogP contribution in [0.15, 0.2) is 52.3 Å². The van der Waals surface area contributed by atoms with Crippen molar-refractivity contribution >= 4 is 44.5 Å². The molecule has 1 aromatic carbocycles. The van der Waals surface area contributed by atoms with E-state index in [2.05, 4.69) is 15.0 Å². The highest BCUT2D eigenvalue weighted by molar-refractivity contribution is 7.89. The number of aromatic nitrogens is 1. The number of sulfonamides is 1. The Kier molecular flexibility index (Phi) is 7.87. The lowest BCUT2D eigenvalue weighted by atomic mass is 10.2. The number of aliphatic hydroxyl groups excluding tert-OH is 1. The highest BCUT2D eigenvalue weighted by Gasteiger charge is 2.18. The first-order chi connectivity index (χ1) is 12.9. The molecule has 0 bridgehead atoms. The van der Waals surface area contributed by atoms with E-state index in [-0.39, 0.29) is 29.4 Å². The number of nitrogens with zero attached hydrogens (tertiary/aromatic N) is 1. The third-order valence-corrected chi connectivity index (χ3v) is 6.39. The fraction of sp³-hybridized carbons (Fsp3) is 0.278. The van der Waals surface area contributed by atoms with Crippen molar-refractivity contribution in [2.45, 2.75) is 24.0 Å². The van der Waals surface area contributed by atoms with E-state index in [1.54, 1.807) is 42.9 Å². The minimum atomic E-state index is -3.68. The van der Waals surface area contributed by atoms with E-state index in [4.69, 9.17) is 0 Å². The first kappa shape index (κ1) is 22.7. The van der Waals surface area contributed by atoms with Gasteiger partial charge in [-0.05, 0) is 35.9 Å². The van der Waals surface area contributed by atoms with Crippen molar-refractivity contribution in [1.82, 2.24) is 15.0 Å². The van der Waals surface area contributed by atoms with E-state index in [1.165, 1.54) is 22.8 Å². The fourth-order valence-corrected chi connectivity index (χ4v) is 4.70. The van der Waals surface area contributed by atoms with Crippen LogP contribution in [0.25, 0.3) is 10.8 Å². The minimum absolute atomic E-state index is 0. The van der Waals surface area contributed by atoms with Crippen LogP contribution in [0.5, 0.6) is 0 Å². The molecule has 2 heterocycles. The number of thiophene rings is 1. The summed E-state index contributed by atoms with van der Waals surface area (Å²) in [5.74, 6) is -0.436. The van der Waals surface area contributed by atoms with E-state index < -0.39 is 28.0 Å². The van der Waals surface area contributed by atoms with Gasteiger partial charge in [0.25, 0.3) is 0 Å².